The second-order valence-corrected chi connectivity index (χ2v) is 11.3. The predicted octanol–water partition coefficient (Wildman–Crippen LogP) is 6.40. The topological polar surface area (TPSA) is 65.1 Å². The monoisotopic (exact) mass is 583 g/mol. The van der Waals surface area contributed by atoms with Gasteiger partial charge in [0.05, 0.1) is 27.7 Å². The van der Waals surface area contributed by atoms with Crippen molar-refractivity contribution in [2.75, 3.05) is 4.90 Å². The molecule has 0 saturated carbocycles. The van der Waals surface area contributed by atoms with Gasteiger partial charge < -0.3 is 0 Å². The molecule has 7 nitrogen and oxygen atoms in total. The number of carbonyl (C=O) groups excluding carboxylic acids is 1. The smallest absolute Gasteiger partial charge is 0.283 e. The van der Waals surface area contributed by atoms with Crippen molar-refractivity contribution < 1.29 is 4.79 Å². The number of thiocarbonyl (C=S) groups is 1. The van der Waals surface area contributed by atoms with Crippen molar-refractivity contribution in [2.24, 2.45) is 7.05 Å². The van der Waals surface area contributed by atoms with Gasteiger partial charge >= 0.3 is 0 Å². The van der Waals surface area contributed by atoms with Crippen LogP contribution in [0.1, 0.15) is 11.3 Å². The number of hydrogen-bond acceptors (Lipinski definition) is 5. The van der Waals surface area contributed by atoms with E-state index in [0.29, 0.717) is 31.3 Å². The number of thioether (sulfide) groups is 1. The number of hydrogen-bond donors (Lipinski definition) is 0. The van der Waals surface area contributed by atoms with Gasteiger partial charge in [-0.1, -0.05) is 84.1 Å². The molecule has 0 aliphatic carbocycles. The maximum atomic E-state index is 13.8. The number of aromatic nitrogens is 4. The van der Waals surface area contributed by atoms with E-state index in [2.05, 4.69) is 0 Å². The Morgan fingerprint density at radius 3 is 2.17 bits per heavy atom. The summed E-state index contributed by atoms with van der Waals surface area (Å²) in [5.74, 6) is -0.351. The second-order valence-electron chi connectivity index (χ2n) is 9.15. The van der Waals surface area contributed by atoms with E-state index in [1.54, 1.807) is 41.5 Å². The molecule has 5 aromatic rings. The zero-order valence-corrected chi connectivity index (χ0v) is 23.9. The molecule has 0 N–H and O–H groups in total. The van der Waals surface area contributed by atoms with Crippen molar-refractivity contribution in [3.8, 4) is 22.6 Å². The van der Waals surface area contributed by atoms with Crippen LogP contribution in [0, 0.1) is 6.92 Å². The van der Waals surface area contributed by atoms with Crippen molar-refractivity contribution in [3.05, 3.63) is 123 Å². The summed E-state index contributed by atoms with van der Waals surface area (Å²) in [7, 11) is 1.79. The van der Waals surface area contributed by atoms with Crippen LogP contribution in [-0.2, 0) is 11.8 Å². The van der Waals surface area contributed by atoms with Crippen molar-refractivity contribution in [1.82, 2.24) is 19.1 Å². The van der Waals surface area contributed by atoms with Gasteiger partial charge in [-0.25, -0.2) is 9.36 Å². The Morgan fingerprint density at radius 1 is 0.900 bits per heavy atom. The first-order valence-electron chi connectivity index (χ1n) is 12.4. The summed E-state index contributed by atoms with van der Waals surface area (Å²) in [4.78, 5) is 29.2. The minimum atomic E-state index is -0.351. The lowest BCUT2D eigenvalue weighted by atomic mass is 10.1. The van der Waals surface area contributed by atoms with E-state index in [0.717, 1.165) is 28.6 Å². The summed E-state index contributed by atoms with van der Waals surface area (Å²) in [5.41, 5.74) is 4.41. The summed E-state index contributed by atoms with van der Waals surface area (Å²) < 4.78 is 5.34. The molecule has 0 radical (unpaired) electrons. The Morgan fingerprint density at radius 2 is 1.52 bits per heavy atom. The first-order chi connectivity index (χ1) is 19.3. The van der Waals surface area contributed by atoms with Crippen molar-refractivity contribution >= 4 is 57.6 Å². The zero-order valence-electron chi connectivity index (χ0n) is 21.5. The number of rotatable bonds is 5. The Labute approximate surface area is 244 Å². The molecule has 1 amide bonds. The third kappa shape index (κ3) is 4.52. The van der Waals surface area contributed by atoms with Crippen molar-refractivity contribution in [2.45, 2.75) is 6.92 Å². The van der Waals surface area contributed by atoms with Crippen LogP contribution in [0.15, 0.2) is 101 Å². The molecule has 198 valence electrons. The highest BCUT2D eigenvalue weighted by molar-refractivity contribution is 8.27. The van der Waals surface area contributed by atoms with Crippen LogP contribution >= 0.6 is 35.6 Å². The van der Waals surface area contributed by atoms with Crippen molar-refractivity contribution in [1.29, 1.82) is 0 Å². The van der Waals surface area contributed by atoms with E-state index < -0.39 is 0 Å². The maximum absolute atomic E-state index is 13.8. The molecule has 40 heavy (non-hydrogen) atoms. The first-order valence-corrected chi connectivity index (χ1v) is 14.0. The molecule has 1 aliphatic rings. The zero-order chi connectivity index (χ0) is 28.0. The fourth-order valence-corrected chi connectivity index (χ4v) is 6.04. The molecule has 6 rings (SSSR count). The Bertz CT molecular complexity index is 1860. The first kappa shape index (κ1) is 26.1. The van der Waals surface area contributed by atoms with E-state index in [1.165, 1.54) is 9.58 Å². The number of para-hydroxylation sites is 2. The summed E-state index contributed by atoms with van der Waals surface area (Å²) in [6, 6.07) is 26.4. The molecule has 0 atom stereocenters. The van der Waals surface area contributed by atoms with Crippen LogP contribution in [0.5, 0.6) is 0 Å². The van der Waals surface area contributed by atoms with Crippen LogP contribution < -0.4 is 10.5 Å². The van der Waals surface area contributed by atoms with E-state index in [1.807, 2.05) is 79.0 Å². The third-order valence-corrected chi connectivity index (χ3v) is 8.26. The predicted molar refractivity (Wildman–Crippen MR) is 165 cm³/mol. The SMILES string of the molecule is Cc1c(N2C(=O)/C(=C\c3cn(-c4ccccc4)nc3-c3ccc(Cl)cc3)SC2=S)c(=O)n(-c2ccccc2)n1C. The third-order valence-electron chi connectivity index (χ3n) is 6.71. The number of nitrogens with zero attached hydrogens (tertiary/aromatic N) is 5. The Hall–Kier alpha value is -4.18. The summed E-state index contributed by atoms with van der Waals surface area (Å²) in [5, 5.41) is 5.44. The molecule has 1 aliphatic heterocycles. The highest BCUT2D eigenvalue weighted by Gasteiger charge is 2.38. The lowest BCUT2D eigenvalue weighted by Gasteiger charge is -2.12. The second kappa shape index (κ2) is 10.4. The molecular weight excluding hydrogens is 562 g/mol. The molecule has 0 bridgehead atoms. The number of anilines is 1. The van der Waals surface area contributed by atoms with E-state index in [9.17, 15) is 9.59 Å². The van der Waals surface area contributed by atoms with Crippen LogP contribution in [0.2, 0.25) is 5.02 Å². The van der Waals surface area contributed by atoms with Crippen LogP contribution in [0.4, 0.5) is 5.69 Å². The average molecular weight is 584 g/mol. The fourth-order valence-electron chi connectivity index (χ4n) is 4.65. The Balaban J connectivity index is 1.43. The molecule has 0 spiro atoms. The molecule has 2 aromatic heterocycles. The van der Waals surface area contributed by atoms with Gasteiger partial charge in [0, 0.05) is 29.4 Å². The van der Waals surface area contributed by atoms with Gasteiger partial charge in [-0.3, -0.25) is 19.2 Å². The van der Waals surface area contributed by atoms with Crippen molar-refractivity contribution in [3.63, 3.8) is 0 Å². The van der Waals surface area contributed by atoms with Crippen LogP contribution in [0.25, 0.3) is 28.7 Å². The molecule has 1 fully saturated rings. The fraction of sp³-hybridized carbons (Fsp3) is 0.0667. The van der Waals surface area contributed by atoms with Gasteiger partial charge in [0.2, 0.25) is 0 Å². The average Bonchev–Trinajstić information content (AvgIpc) is 3.57. The minimum absolute atomic E-state index is 0.246. The number of benzene rings is 3. The van der Waals surface area contributed by atoms with E-state index in [4.69, 9.17) is 28.9 Å². The van der Waals surface area contributed by atoms with Gasteiger partial charge in [0.15, 0.2) is 4.32 Å². The van der Waals surface area contributed by atoms with Gasteiger partial charge in [-0.15, -0.1) is 0 Å². The normalized spacial score (nSPS) is 14.5. The van der Waals surface area contributed by atoms with Gasteiger partial charge in [0.25, 0.3) is 11.5 Å². The molecule has 1 saturated heterocycles. The summed E-state index contributed by atoms with van der Waals surface area (Å²) in [6.45, 7) is 1.81. The highest BCUT2D eigenvalue weighted by atomic mass is 35.5. The molecule has 0 unspecified atom stereocenters. The molecule has 3 heterocycles. The number of halogens is 1. The van der Waals surface area contributed by atoms with Gasteiger partial charge in [0.1, 0.15) is 5.69 Å². The quantitative estimate of drug-likeness (QED) is 0.177. The Kier molecular flexibility index (Phi) is 6.79. The molecule has 10 heteroatoms. The van der Waals surface area contributed by atoms with Crippen LogP contribution in [0.3, 0.4) is 0 Å². The van der Waals surface area contributed by atoms with Gasteiger partial charge in [-0.2, -0.15) is 5.10 Å². The maximum Gasteiger partial charge on any atom is 0.296 e. The number of amides is 1. The van der Waals surface area contributed by atoms with E-state index >= 15 is 0 Å². The lowest BCUT2D eigenvalue weighted by molar-refractivity contribution is -0.113. The summed E-state index contributed by atoms with van der Waals surface area (Å²) >= 11 is 12.9. The van der Waals surface area contributed by atoms with Gasteiger partial charge in [-0.05, 0) is 49.4 Å². The standard InChI is InChI=1S/C30H22ClN5O2S2/c1-19-27(29(38)36(33(19)2)24-11-7-4-8-12-24)35-28(37)25(40-30(35)39)17-21-18-34(23-9-5-3-6-10-23)32-26(21)20-13-15-22(31)16-14-20/h3-18H,1-2H3/b25-17+. The van der Waals surface area contributed by atoms with Crippen LogP contribution in [-0.4, -0.2) is 29.4 Å². The largest absolute Gasteiger partial charge is 0.296 e. The summed E-state index contributed by atoms with van der Waals surface area (Å²) in [6.07, 6.45) is 3.66. The van der Waals surface area contributed by atoms with E-state index in [-0.39, 0.29) is 17.2 Å². The highest BCUT2D eigenvalue weighted by Crippen LogP contribution is 2.38. The molecule has 3 aromatic carbocycles. The minimum Gasteiger partial charge on any atom is -0.283 e. The number of carbonyl (C=O) groups is 1. The molecular formula is C30H22ClN5O2S2. The lowest BCUT2D eigenvalue weighted by Crippen LogP contribution is -2.33.